The van der Waals surface area contributed by atoms with E-state index in [4.69, 9.17) is 33.2 Å². The molecule has 4 heterocycles. The monoisotopic (exact) mass is 738 g/mol. The van der Waals surface area contributed by atoms with Gasteiger partial charge >= 0.3 is 17.9 Å². The van der Waals surface area contributed by atoms with Crippen LogP contribution in [0.2, 0.25) is 0 Å². The summed E-state index contributed by atoms with van der Waals surface area (Å²) in [5, 5.41) is 34.3. The van der Waals surface area contributed by atoms with Gasteiger partial charge in [-0.3, -0.25) is 9.59 Å². The largest absolute Gasteiger partial charge is 0.466 e. The smallest absolute Gasteiger partial charge is 0.330 e. The quantitative estimate of drug-likeness (QED) is 0.0976. The Hall–Kier alpha value is -2.39. The highest BCUT2D eigenvalue weighted by atomic mass is 16.7. The van der Waals surface area contributed by atoms with Crippen molar-refractivity contribution < 1.29 is 62.9 Å². The van der Waals surface area contributed by atoms with Gasteiger partial charge < -0.3 is 48.5 Å². The molecule has 296 valence electrons. The number of carbonyl (C=O) groups excluding carboxylic acids is 3. The first-order chi connectivity index (χ1) is 24.7. The van der Waals surface area contributed by atoms with E-state index >= 15 is 0 Å². The topological polar surface area (TPSA) is 177 Å². The van der Waals surface area contributed by atoms with E-state index < -0.39 is 65.9 Å². The molecular weight excluding hydrogens is 676 g/mol. The number of unbranched alkanes of at least 4 members (excludes halogenated alkanes) is 4. The van der Waals surface area contributed by atoms with E-state index in [1.165, 1.54) is 20.1 Å². The number of aliphatic hydroxyl groups excluding tert-OH is 2. The van der Waals surface area contributed by atoms with Crippen molar-refractivity contribution in [1.29, 1.82) is 0 Å². The maximum atomic E-state index is 13.3. The van der Waals surface area contributed by atoms with Crippen LogP contribution < -0.4 is 0 Å². The number of hydrogen-bond donors (Lipinski definition) is 3. The van der Waals surface area contributed by atoms with Gasteiger partial charge in [0.2, 0.25) is 5.79 Å². The molecule has 4 rings (SSSR count). The summed E-state index contributed by atoms with van der Waals surface area (Å²) in [6.45, 7) is 7.45. The van der Waals surface area contributed by atoms with Crippen molar-refractivity contribution in [2.45, 2.75) is 185 Å². The van der Waals surface area contributed by atoms with Crippen LogP contribution in [0.4, 0.5) is 0 Å². The van der Waals surface area contributed by atoms with Crippen molar-refractivity contribution in [3.63, 3.8) is 0 Å². The number of rotatable bonds is 9. The molecule has 10 atom stereocenters. The van der Waals surface area contributed by atoms with Gasteiger partial charge in [-0.15, -0.1) is 0 Å². The SMILES string of the molecule is CCCCCCCC(=O)O[C@H]1/C(=C/C(=O)OC)C[C@H]2C[C@H]([C@@H](C)O)OC(=O)C[C@H](O)C[C@@H]3CCC[C@H](C[C@@H]4CCO[C@H](/C=C/C(C)(C)[C@]1(O)O2)O4)O3. The van der Waals surface area contributed by atoms with Crippen molar-refractivity contribution in [3.05, 3.63) is 23.8 Å². The van der Waals surface area contributed by atoms with E-state index in [0.717, 1.165) is 44.9 Å². The number of methoxy groups -OCH3 is 1. The zero-order valence-electron chi connectivity index (χ0n) is 31.7. The van der Waals surface area contributed by atoms with Crippen molar-refractivity contribution in [1.82, 2.24) is 0 Å². The number of hydrogen-bond acceptors (Lipinski definition) is 13. The Balaban J connectivity index is 1.70. The van der Waals surface area contributed by atoms with Gasteiger partial charge in [-0.05, 0) is 63.5 Å². The Bertz CT molecular complexity index is 1230. The number of fused-ring (bicyclic) bond motifs is 6. The van der Waals surface area contributed by atoms with Crippen molar-refractivity contribution in [3.8, 4) is 0 Å². The minimum atomic E-state index is -2.26. The molecule has 13 nitrogen and oxygen atoms in total. The Labute approximate surface area is 308 Å². The molecule has 0 aromatic rings. The second kappa shape index (κ2) is 19.8. The number of esters is 3. The summed E-state index contributed by atoms with van der Waals surface area (Å²) >= 11 is 0. The lowest BCUT2D eigenvalue weighted by molar-refractivity contribution is -0.327. The first-order valence-corrected chi connectivity index (χ1v) is 19.3. The summed E-state index contributed by atoms with van der Waals surface area (Å²) in [7, 11) is 1.22. The molecule has 4 aliphatic heterocycles. The minimum absolute atomic E-state index is 0.00818. The summed E-state index contributed by atoms with van der Waals surface area (Å²) < 4.78 is 41.7. The molecule has 0 saturated carbocycles. The van der Waals surface area contributed by atoms with Crippen LogP contribution in [-0.2, 0) is 47.5 Å². The molecule has 6 bridgehead atoms. The van der Waals surface area contributed by atoms with Crippen LogP contribution in [0.3, 0.4) is 0 Å². The molecule has 3 saturated heterocycles. The Morgan fingerprint density at radius 2 is 1.71 bits per heavy atom. The second-order valence-corrected chi connectivity index (χ2v) is 15.4. The predicted molar refractivity (Wildman–Crippen MR) is 188 cm³/mol. The van der Waals surface area contributed by atoms with Crippen LogP contribution in [0.5, 0.6) is 0 Å². The van der Waals surface area contributed by atoms with Crippen LogP contribution in [0, 0.1) is 5.41 Å². The molecule has 0 aliphatic carbocycles. The van der Waals surface area contributed by atoms with Gasteiger partial charge in [-0.1, -0.05) is 52.5 Å². The Kier molecular flexibility index (Phi) is 16.1. The molecule has 0 unspecified atom stereocenters. The lowest BCUT2D eigenvalue weighted by Gasteiger charge is -2.51. The number of carbonyl (C=O) groups is 3. The zero-order valence-corrected chi connectivity index (χ0v) is 31.7. The van der Waals surface area contributed by atoms with Gasteiger partial charge in [-0.2, -0.15) is 0 Å². The summed E-state index contributed by atoms with van der Waals surface area (Å²) in [6.07, 6.45) is 6.24. The molecule has 52 heavy (non-hydrogen) atoms. The number of cyclic esters (lactones) is 1. The predicted octanol–water partition coefficient (Wildman–Crippen LogP) is 4.71. The normalized spacial score (nSPS) is 36.5. The van der Waals surface area contributed by atoms with Crippen LogP contribution >= 0.6 is 0 Å². The van der Waals surface area contributed by atoms with E-state index in [-0.39, 0.29) is 56.0 Å². The standard InChI is InChI=1S/C39H62O13/c1-6-7-8-9-10-14-33(42)51-37-26(20-34(43)46-5)19-31-24-32(25(2)40)50-35(44)22-27(41)21-28-12-11-13-29(48-28)23-30-16-18-47-36(49-30)15-17-38(3,4)39(37,45)52-31/h15,17,20,25,27-32,36-37,40-41,45H,6-14,16,18-19,21-24H2,1-5H3/b17-15+,26-20+/t25-,27-,28+,29-,30+,31+,32-,36+,37+,39-/m1/s1. The Morgan fingerprint density at radius 1 is 1.00 bits per heavy atom. The minimum Gasteiger partial charge on any atom is -0.466 e. The van der Waals surface area contributed by atoms with Gasteiger partial charge in [-0.25, -0.2) is 4.79 Å². The third kappa shape index (κ3) is 12.1. The summed E-state index contributed by atoms with van der Waals surface area (Å²) in [4.78, 5) is 39.1. The molecule has 0 radical (unpaired) electrons. The first-order valence-electron chi connectivity index (χ1n) is 19.3. The van der Waals surface area contributed by atoms with Crippen LogP contribution in [0.15, 0.2) is 23.8 Å². The lowest BCUT2D eigenvalue weighted by Crippen LogP contribution is -2.62. The fourth-order valence-corrected chi connectivity index (χ4v) is 7.51. The number of ether oxygens (including phenoxy) is 7. The van der Waals surface area contributed by atoms with Crippen LogP contribution in [0.1, 0.15) is 124 Å². The molecule has 4 aliphatic rings. The fourth-order valence-electron chi connectivity index (χ4n) is 7.51. The highest BCUT2D eigenvalue weighted by Gasteiger charge is 2.57. The molecule has 0 aromatic heterocycles. The zero-order chi connectivity index (χ0) is 37.9. The van der Waals surface area contributed by atoms with E-state index in [9.17, 15) is 29.7 Å². The molecule has 3 N–H and O–H groups in total. The summed E-state index contributed by atoms with van der Waals surface area (Å²) in [6, 6.07) is 0. The lowest BCUT2D eigenvalue weighted by atomic mass is 9.74. The third-order valence-corrected chi connectivity index (χ3v) is 10.6. The highest BCUT2D eigenvalue weighted by molar-refractivity contribution is 5.83. The fraction of sp³-hybridized carbons (Fsp3) is 0.821. The molecular formula is C39H62O13. The van der Waals surface area contributed by atoms with Crippen LogP contribution in [0.25, 0.3) is 0 Å². The maximum Gasteiger partial charge on any atom is 0.330 e. The second-order valence-electron chi connectivity index (χ2n) is 15.4. The number of aliphatic hydroxyl groups is 3. The molecule has 3 fully saturated rings. The van der Waals surface area contributed by atoms with E-state index in [1.54, 1.807) is 26.0 Å². The summed E-state index contributed by atoms with van der Waals surface area (Å²) in [5.74, 6) is -4.23. The van der Waals surface area contributed by atoms with Gasteiger partial charge in [0, 0.05) is 30.8 Å². The van der Waals surface area contributed by atoms with Gasteiger partial charge in [0.1, 0.15) is 6.10 Å². The van der Waals surface area contributed by atoms with Gasteiger partial charge in [0.15, 0.2) is 12.4 Å². The van der Waals surface area contributed by atoms with Crippen LogP contribution in [-0.4, -0.2) is 108 Å². The van der Waals surface area contributed by atoms with Gasteiger partial charge in [0.25, 0.3) is 0 Å². The highest BCUT2D eigenvalue weighted by Crippen LogP contribution is 2.47. The van der Waals surface area contributed by atoms with E-state index in [2.05, 4.69) is 6.92 Å². The summed E-state index contributed by atoms with van der Waals surface area (Å²) in [5.41, 5.74) is -1.05. The molecule has 13 heteroatoms. The Morgan fingerprint density at radius 3 is 2.42 bits per heavy atom. The van der Waals surface area contributed by atoms with E-state index in [0.29, 0.717) is 25.9 Å². The van der Waals surface area contributed by atoms with Crippen molar-refractivity contribution in [2.24, 2.45) is 5.41 Å². The van der Waals surface area contributed by atoms with E-state index in [1.807, 2.05) is 0 Å². The average molecular weight is 739 g/mol. The molecule has 0 amide bonds. The molecule has 0 spiro atoms. The van der Waals surface area contributed by atoms with Crippen molar-refractivity contribution >= 4 is 17.9 Å². The van der Waals surface area contributed by atoms with Crippen molar-refractivity contribution in [2.75, 3.05) is 13.7 Å². The first kappa shape index (κ1) is 42.4. The van der Waals surface area contributed by atoms with Gasteiger partial charge in [0.05, 0.1) is 56.8 Å². The average Bonchev–Trinajstić information content (AvgIpc) is 3.08. The molecule has 0 aromatic carbocycles. The maximum absolute atomic E-state index is 13.3. The third-order valence-electron chi connectivity index (χ3n) is 10.6.